The zero-order chi connectivity index (χ0) is 16.9. The quantitative estimate of drug-likeness (QED) is 0.477. The Bertz CT molecular complexity index is 814. The van der Waals surface area contributed by atoms with Gasteiger partial charge in [0.25, 0.3) is 0 Å². The van der Waals surface area contributed by atoms with Crippen molar-refractivity contribution in [2.24, 2.45) is 16.0 Å². The van der Waals surface area contributed by atoms with Gasteiger partial charge in [-0.1, -0.05) is 40.2 Å². The van der Waals surface area contributed by atoms with Crippen LogP contribution in [0.3, 0.4) is 0 Å². The van der Waals surface area contributed by atoms with E-state index in [1.54, 1.807) is 11.3 Å². The van der Waals surface area contributed by atoms with Crippen LogP contribution in [0.4, 0.5) is 0 Å². The molecule has 24 heavy (non-hydrogen) atoms. The van der Waals surface area contributed by atoms with Gasteiger partial charge < -0.3 is 0 Å². The van der Waals surface area contributed by atoms with E-state index in [9.17, 15) is 0 Å². The van der Waals surface area contributed by atoms with Gasteiger partial charge in [-0.05, 0) is 51.2 Å². The Morgan fingerprint density at radius 1 is 1.33 bits per heavy atom. The lowest BCUT2D eigenvalue weighted by molar-refractivity contribution is 0.621. The van der Waals surface area contributed by atoms with Crippen molar-refractivity contribution in [2.45, 2.75) is 39.2 Å². The van der Waals surface area contributed by atoms with Crippen molar-refractivity contribution in [1.82, 2.24) is 4.68 Å². The first-order valence-corrected chi connectivity index (χ1v) is 10.0. The number of hydrogen-bond donors (Lipinski definition) is 0. The monoisotopic (exact) mass is 403 g/mol. The number of aromatic nitrogens is 1. The maximum absolute atomic E-state index is 4.81. The van der Waals surface area contributed by atoms with Gasteiger partial charge in [0.05, 0.1) is 5.69 Å². The second kappa shape index (κ2) is 8.08. The normalized spacial score (nSPS) is 18.8. The van der Waals surface area contributed by atoms with E-state index in [-0.39, 0.29) is 6.04 Å². The fourth-order valence-corrected chi connectivity index (χ4v) is 4.05. The van der Waals surface area contributed by atoms with E-state index in [0.717, 1.165) is 33.4 Å². The molecule has 2 aromatic rings. The van der Waals surface area contributed by atoms with Gasteiger partial charge in [-0.2, -0.15) is 5.10 Å². The number of benzene rings is 1. The molecule has 3 rings (SSSR count). The van der Waals surface area contributed by atoms with Crippen molar-refractivity contribution in [3.63, 3.8) is 0 Å². The van der Waals surface area contributed by atoms with Crippen LogP contribution in [0.15, 0.2) is 56.4 Å². The Labute approximate surface area is 155 Å². The van der Waals surface area contributed by atoms with Gasteiger partial charge in [0.1, 0.15) is 0 Å². The summed E-state index contributed by atoms with van der Waals surface area (Å²) in [6, 6.07) is 8.57. The molecular formula is C19H22BrN3S. The molecule has 0 bridgehead atoms. The average Bonchev–Trinajstić information content (AvgIpc) is 2.96. The molecule has 0 spiro atoms. The number of hydrogen-bond acceptors (Lipinski definition) is 3. The molecule has 1 unspecified atom stereocenters. The molecule has 1 aliphatic rings. The average molecular weight is 404 g/mol. The number of halogens is 1. The van der Waals surface area contributed by atoms with Gasteiger partial charge >= 0.3 is 0 Å². The predicted molar refractivity (Wildman–Crippen MR) is 107 cm³/mol. The molecule has 0 N–H and O–H groups in total. The van der Waals surface area contributed by atoms with Crippen molar-refractivity contribution < 1.29 is 0 Å². The van der Waals surface area contributed by atoms with Crippen molar-refractivity contribution in [3.05, 3.63) is 51.1 Å². The topological polar surface area (TPSA) is 29.6 Å². The van der Waals surface area contributed by atoms with E-state index < -0.39 is 0 Å². The first kappa shape index (κ1) is 17.4. The molecular weight excluding hydrogens is 382 g/mol. The molecule has 0 fully saturated rings. The summed E-state index contributed by atoms with van der Waals surface area (Å²) < 4.78 is 3.06. The van der Waals surface area contributed by atoms with Gasteiger partial charge in [0, 0.05) is 27.7 Å². The molecule has 126 valence electrons. The van der Waals surface area contributed by atoms with E-state index in [0.29, 0.717) is 5.92 Å². The van der Waals surface area contributed by atoms with Crippen LogP contribution in [-0.2, 0) is 0 Å². The summed E-state index contributed by atoms with van der Waals surface area (Å²) >= 11 is 5.20. The van der Waals surface area contributed by atoms with Gasteiger partial charge in [-0.15, -0.1) is 11.3 Å². The number of rotatable bonds is 4. The maximum atomic E-state index is 4.81. The number of nitrogens with zero attached hydrogens (tertiary/aromatic N) is 3. The lowest BCUT2D eigenvalue weighted by atomic mass is 9.96. The van der Waals surface area contributed by atoms with Crippen molar-refractivity contribution in [1.29, 1.82) is 0 Å². The fraction of sp³-hybridized carbons (Fsp3) is 0.368. The highest BCUT2D eigenvalue weighted by molar-refractivity contribution is 9.10. The number of thiazole rings is 1. The van der Waals surface area contributed by atoms with Crippen molar-refractivity contribution in [3.8, 4) is 11.3 Å². The largest absolute Gasteiger partial charge is 0.255 e. The first-order chi connectivity index (χ1) is 11.6. The summed E-state index contributed by atoms with van der Waals surface area (Å²) in [5.41, 5.74) is 2.23. The maximum Gasteiger partial charge on any atom is 0.206 e. The van der Waals surface area contributed by atoms with Gasteiger partial charge in [-0.25, -0.2) is 4.68 Å². The van der Waals surface area contributed by atoms with Crippen molar-refractivity contribution in [2.75, 3.05) is 0 Å². The minimum atomic E-state index is 0.248. The van der Waals surface area contributed by atoms with Gasteiger partial charge in [0.15, 0.2) is 0 Å². The fourth-order valence-electron chi connectivity index (χ4n) is 2.68. The van der Waals surface area contributed by atoms with E-state index in [1.807, 2.05) is 10.7 Å². The third-order valence-electron chi connectivity index (χ3n) is 3.88. The minimum absolute atomic E-state index is 0.248. The van der Waals surface area contributed by atoms with Gasteiger partial charge in [0.2, 0.25) is 4.80 Å². The highest BCUT2D eigenvalue weighted by Gasteiger charge is 2.10. The van der Waals surface area contributed by atoms with Crippen LogP contribution < -0.4 is 4.80 Å². The molecule has 3 nitrogen and oxygen atoms in total. The minimum Gasteiger partial charge on any atom is -0.255 e. The lowest BCUT2D eigenvalue weighted by Crippen LogP contribution is -2.15. The predicted octanol–water partition coefficient (Wildman–Crippen LogP) is 5.48. The zero-order valence-corrected chi connectivity index (χ0v) is 16.4. The van der Waals surface area contributed by atoms with E-state index in [1.165, 1.54) is 6.42 Å². The molecule has 0 saturated carbocycles. The molecule has 0 amide bonds. The first-order valence-electron chi connectivity index (χ1n) is 8.33. The number of allylic oxidation sites excluding steroid dienone is 2. The Hall–Kier alpha value is -1.46. The van der Waals surface area contributed by atoms with E-state index in [4.69, 9.17) is 10.1 Å². The third kappa shape index (κ3) is 4.33. The molecule has 1 aliphatic carbocycles. The van der Waals surface area contributed by atoms with Crippen molar-refractivity contribution >= 4 is 33.5 Å². The lowest BCUT2D eigenvalue weighted by Gasteiger charge is -2.12. The van der Waals surface area contributed by atoms with Crippen LogP contribution in [0, 0.1) is 5.92 Å². The highest BCUT2D eigenvalue weighted by atomic mass is 79.9. The Balaban J connectivity index is 2.02. The Morgan fingerprint density at radius 2 is 2.21 bits per heavy atom. The molecule has 1 heterocycles. The van der Waals surface area contributed by atoms with E-state index >= 15 is 0 Å². The van der Waals surface area contributed by atoms with Crippen LogP contribution in [0.25, 0.3) is 11.3 Å². The third-order valence-corrected chi connectivity index (χ3v) is 5.20. The van der Waals surface area contributed by atoms with Crippen LogP contribution in [0.1, 0.15) is 33.1 Å². The summed E-state index contributed by atoms with van der Waals surface area (Å²) in [7, 11) is 0. The van der Waals surface area contributed by atoms with Gasteiger partial charge in [-0.3, -0.25) is 4.99 Å². The van der Waals surface area contributed by atoms with Crippen LogP contribution in [-0.4, -0.2) is 16.9 Å². The van der Waals surface area contributed by atoms with Crippen LogP contribution in [0.2, 0.25) is 0 Å². The smallest absolute Gasteiger partial charge is 0.206 e. The summed E-state index contributed by atoms with van der Waals surface area (Å²) in [5, 5.41) is 6.95. The summed E-state index contributed by atoms with van der Waals surface area (Å²) in [6.45, 7) is 4.19. The van der Waals surface area contributed by atoms with Crippen LogP contribution in [0.5, 0.6) is 0 Å². The van der Waals surface area contributed by atoms with Crippen LogP contribution >= 0.6 is 27.3 Å². The standard InChI is InChI=1S/C19H22BrN3S/c1-14(2)22-19-23(21-12-15-7-4-3-5-8-15)18(13-24-19)16-9-6-10-17(20)11-16/h3-4,6,9-15H,5,7-8H2,1-2H3. The summed E-state index contributed by atoms with van der Waals surface area (Å²) in [4.78, 5) is 5.68. The molecule has 0 aliphatic heterocycles. The molecule has 1 atom stereocenters. The second-order valence-electron chi connectivity index (χ2n) is 6.26. The molecule has 1 aromatic carbocycles. The summed E-state index contributed by atoms with van der Waals surface area (Å²) in [5.74, 6) is 0.518. The zero-order valence-electron chi connectivity index (χ0n) is 14.0. The Morgan fingerprint density at radius 3 is 2.92 bits per heavy atom. The SMILES string of the molecule is CC(C)N=c1scc(-c2cccc(Br)c2)n1N=CC1CC=CCC1. The molecule has 5 heteroatoms. The molecule has 0 radical (unpaired) electrons. The Kier molecular flexibility index (Phi) is 5.85. The second-order valence-corrected chi connectivity index (χ2v) is 8.01. The highest BCUT2D eigenvalue weighted by Crippen LogP contribution is 2.24. The van der Waals surface area contributed by atoms with E-state index in [2.05, 4.69) is 71.7 Å². The summed E-state index contributed by atoms with van der Waals surface area (Å²) in [6.07, 6.45) is 10.0. The molecule has 0 saturated heterocycles. The molecule has 1 aromatic heterocycles.